The normalized spacial score (nSPS) is 12.8. The minimum atomic E-state index is -0.225. The van der Waals surface area contributed by atoms with Crippen LogP contribution in [0.1, 0.15) is 23.7 Å². The number of carbonyl (C=O) groups is 2. The van der Waals surface area contributed by atoms with Gasteiger partial charge < -0.3 is 15.4 Å². The smallest absolute Gasteiger partial charge is 0.249 e. The average molecular weight is 386 g/mol. The first-order chi connectivity index (χ1) is 13.1. The lowest BCUT2D eigenvalue weighted by molar-refractivity contribution is -0.122. The van der Waals surface area contributed by atoms with Crippen molar-refractivity contribution < 1.29 is 14.3 Å². The number of nitrogens with one attached hydrogen (secondary N) is 2. The van der Waals surface area contributed by atoms with Crippen LogP contribution in [0.15, 0.2) is 36.4 Å². The molecule has 3 rings (SSSR count). The molecule has 1 aromatic heterocycles. The minimum absolute atomic E-state index is 0.0548. The highest BCUT2D eigenvalue weighted by molar-refractivity contribution is 7.98. The first kappa shape index (κ1) is 19.0. The van der Waals surface area contributed by atoms with Crippen molar-refractivity contribution in [1.82, 2.24) is 15.1 Å². The summed E-state index contributed by atoms with van der Waals surface area (Å²) in [6.07, 6.45) is 3.13. The van der Waals surface area contributed by atoms with Crippen LogP contribution < -0.4 is 15.4 Å². The van der Waals surface area contributed by atoms with E-state index in [9.17, 15) is 9.59 Å². The zero-order valence-electron chi connectivity index (χ0n) is 15.3. The first-order valence-electron chi connectivity index (χ1n) is 8.60. The minimum Gasteiger partial charge on any atom is -0.497 e. The van der Waals surface area contributed by atoms with Gasteiger partial charge in [0.2, 0.25) is 11.8 Å². The zero-order chi connectivity index (χ0) is 19.2. The molecular weight excluding hydrogens is 364 g/mol. The molecule has 1 aromatic carbocycles. The van der Waals surface area contributed by atoms with E-state index in [0.717, 1.165) is 34.1 Å². The average Bonchev–Trinajstić information content (AvgIpc) is 3.23. The highest BCUT2D eigenvalue weighted by atomic mass is 32.2. The second kappa shape index (κ2) is 8.77. The van der Waals surface area contributed by atoms with E-state index in [1.807, 2.05) is 24.3 Å². The van der Waals surface area contributed by atoms with Crippen molar-refractivity contribution in [3.8, 4) is 5.75 Å². The number of aromatic nitrogens is 2. The van der Waals surface area contributed by atoms with E-state index in [0.29, 0.717) is 12.4 Å². The first-order valence-corrected chi connectivity index (χ1v) is 9.75. The summed E-state index contributed by atoms with van der Waals surface area (Å²) in [5.74, 6) is 2.57. The van der Waals surface area contributed by atoms with Crippen LogP contribution in [0.25, 0.3) is 0 Å². The van der Waals surface area contributed by atoms with Crippen LogP contribution in [0.5, 0.6) is 5.75 Å². The van der Waals surface area contributed by atoms with Gasteiger partial charge in [0, 0.05) is 23.6 Å². The number of amides is 2. The van der Waals surface area contributed by atoms with E-state index in [1.54, 1.807) is 36.6 Å². The molecule has 0 bridgehead atoms. The molecule has 0 radical (unpaired) electrons. The lowest BCUT2D eigenvalue weighted by Crippen LogP contribution is -2.28. The quantitative estimate of drug-likeness (QED) is 0.714. The molecule has 8 heteroatoms. The lowest BCUT2D eigenvalue weighted by Gasteiger charge is -2.10. The van der Waals surface area contributed by atoms with Crippen LogP contribution in [0.2, 0.25) is 0 Å². The molecule has 0 aliphatic carbocycles. The molecule has 0 saturated carbocycles. The standard InChI is InChI=1S/C19H22N4O3S/c1-3-4-17(24)21-19-15-11-27-12-16(15)22-23(19)10-18(25)20-9-13-5-7-14(26-2)8-6-13/h3-8H,9-12H2,1-2H3,(H,20,25)(H,21,24)/b4-3-. The van der Waals surface area contributed by atoms with Gasteiger partial charge in [-0.25, -0.2) is 4.68 Å². The maximum atomic E-state index is 12.4. The SMILES string of the molecule is C/C=C\C(=O)Nc1c2c(nn1CC(=O)NCc1ccc(OC)cc1)CSC2. The van der Waals surface area contributed by atoms with Crippen LogP contribution in [0, 0.1) is 0 Å². The number of benzene rings is 1. The molecular formula is C19H22N4O3S. The number of carbonyl (C=O) groups excluding carboxylic acids is 2. The van der Waals surface area contributed by atoms with Crippen LogP contribution in [-0.2, 0) is 34.2 Å². The van der Waals surface area contributed by atoms with Gasteiger partial charge in [0.05, 0.1) is 12.8 Å². The van der Waals surface area contributed by atoms with Gasteiger partial charge in [0.25, 0.3) is 0 Å². The highest BCUT2D eigenvalue weighted by Gasteiger charge is 2.24. The maximum Gasteiger partial charge on any atom is 0.249 e. The summed E-state index contributed by atoms with van der Waals surface area (Å²) >= 11 is 1.75. The molecule has 0 atom stereocenters. The second-order valence-electron chi connectivity index (χ2n) is 6.04. The van der Waals surface area contributed by atoms with Crippen LogP contribution in [0.4, 0.5) is 5.82 Å². The van der Waals surface area contributed by atoms with Gasteiger partial charge in [0.1, 0.15) is 18.1 Å². The number of hydrogen-bond donors (Lipinski definition) is 2. The third kappa shape index (κ3) is 4.71. The predicted octanol–water partition coefficient (Wildman–Crippen LogP) is 2.47. The third-order valence-electron chi connectivity index (χ3n) is 4.12. The van der Waals surface area contributed by atoms with Crippen LogP contribution in [0.3, 0.4) is 0 Å². The summed E-state index contributed by atoms with van der Waals surface area (Å²) in [5.41, 5.74) is 2.91. The Bertz CT molecular complexity index is 859. The van der Waals surface area contributed by atoms with Crippen molar-refractivity contribution in [1.29, 1.82) is 0 Å². The molecule has 1 aliphatic heterocycles. The Morgan fingerprint density at radius 1 is 1.30 bits per heavy atom. The molecule has 142 valence electrons. The number of hydrogen-bond acceptors (Lipinski definition) is 5. The van der Waals surface area contributed by atoms with Crippen molar-refractivity contribution in [3.05, 3.63) is 53.2 Å². The topological polar surface area (TPSA) is 85.2 Å². The Morgan fingerprint density at radius 3 is 2.78 bits per heavy atom. The van der Waals surface area contributed by atoms with Gasteiger partial charge in [-0.2, -0.15) is 16.9 Å². The Kier molecular flexibility index (Phi) is 6.18. The van der Waals surface area contributed by atoms with E-state index >= 15 is 0 Å². The Hall–Kier alpha value is -2.74. The summed E-state index contributed by atoms with van der Waals surface area (Å²) in [5, 5.41) is 10.2. The number of anilines is 1. The summed E-state index contributed by atoms with van der Waals surface area (Å²) in [6, 6.07) is 7.52. The fourth-order valence-electron chi connectivity index (χ4n) is 2.77. The molecule has 0 unspecified atom stereocenters. The van der Waals surface area contributed by atoms with Gasteiger partial charge in [-0.05, 0) is 30.7 Å². The van der Waals surface area contributed by atoms with Crippen LogP contribution in [-0.4, -0.2) is 28.7 Å². The van der Waals surface area contributed by atoms with Gasteiger partial charge in [-0.15, -0.1) is 0 Å². The fourth-order valence-corrected chi connectivity index (χ4v) is 3.80. The Balaban J connectivity index is 1.65. The number of fused-ring (bicyclic) bond motifs is 1. The molecule has 27 heavy (non-hydrogen) atoms. The van der Waals surface area contributed by atoms with Crippen molar-refractivity contribution in [2.24, 2.45) is 0 Å². The fraction of sp³-hybridized carbons (Fsp3) is 0.316. The highest BCUT2D eigenvalue weighted by Crippen LogP contribution is 2.34. The number of rotatable bonds is 7. The molecule has 1 aliphatic rings. The number of nitrogens with zero attached hydrogens (tertiary/aromatic N) is 2. The lowest BCUT2D eigenvalue weighted by atomic mass is 10.2. The third-order valence-corrected chi connectivity index (χ3v) is 5.09. The molecule has 0 saturated heterocycles. The summed E-state index contributed by atoms with van der Waals surface area (Å²) in [6.45, 7) is 2.25. The number of thioether (sulfide) groups is 1. The largest absolute Gasteiger partial charge is 0.497 e. The molecule has 2 aromatic rings. The van der Waals surface area contributed by atoms with E-state index in [-0.39, 0.29) is 18.4 Å². The molecule has 0 spiro atoms. The van der Waals surface area contributed by atoms with Crippen molar-refractivity contribution in [3.63, 3.8) is 0 Å². The van der Waals surface area contributed by atoms with E-state index in [1.165, 1.54) is 6.08 Å². The summed E-state index contributed by atoms with van der Waals surface area (Å²) < 4.78 is 6.70. The monoisotopic (exact) mass is 386 g/mol. The molecule has 2 N–H and O–H groups in total. The summed E-state index contributed by atoms with van der Waals surface area (Å²) in [4.78, 5) is 24.3. The summed E-state index contributed by atoms with van der Waals surface area (Å²) in [7, 11) is 1.61. The number of allylic oxidation sites excluding steroid dienone is 1. The zero-order valence-corrected chi connectivity index (χ0v) is 16.1. The van der Waals surface area contributed by atoms with Gasteiger partial charge >= 0.3 is 0 Å². The van der Waals surface area contributed by atoms with E-state index < -0.39 is 0 Å². The number of ether oxygens (including phenoxy) is 1. The second-order valence-corrected chi connectivity index (χ2v) is 7.02. The molecule has 7 nitrogen and oxygen atoms in total. The van der Waals surface area contributed by atoms with Gasteiger partial charge in [-0.3, -0.25) is 9.59 Å². The van der Waals surface area contributed by atoms with E-state index in [4.69, 9.17) is 4.74 Å². The predicted molar refractivity (Wildman–Crippen MR) is 106 cm³/mol. The van der Waals surface area contributed by atoms with Gasteiger partial charge in [-0.1, -0.05) is 18.2 Å². The Labute approximate surface area is 162 Å². The van der Waals surface area contributed by atoms with E-state index in [2.05, 4.69) is 15.7 Å². The van der Waals surface area contributed by atoms with Gasteiger partial charge in [0.15, 0.2) is 0 Å². The van der Waals surface area contributed by atoms with Crippen molar-refractivity contribution in [2.75, 3.05) is 12.4 Å². The molecule has 0 fully saturated rings. The number of methoxy groups -OCH3 is 1. The van der Waals surface area contributed by atoms with Crippen molar-refractivity contribution >= 4 is 29.4 Å². The Morgan fingerprint density at radius 2 is 2.07 bits per heavy atom. The van der Waals surface area contributed by atoms with Crippen LogP contribution >= 0.6 is 11.8 Å². The molecule has 2 heterocycles. The maximum absolute atomic E-state index is 12.4. The van der Waals surface area contributed by atoms with Crippen molar-refractivity contribution in [2.45, 2.75) is 31.5 Å². The molecule has 2 amide bonds.